The molecular weight excluding hydrogens is 1000 g/mol. The monoisotopic (exact) mass is 1120 g/mol. The summed E-state index contributed by atoms with van der Waals surface area (Å²) in [4.78, 5) is 40.4. The summed E-state index contributed by atoms with van der Waals surface area (Å²) in [6, 6.07) is 0. The fourth-order valence-electron chi connectivity index (χ4n) is 17.4. The molecule has 462 valence electrons. The molecule has 0 N–H and O–H groups in total. The number of esters is 1. The van der Waals surface area contributed by atoms with Crippen LogP contribution in [0.3, 0.4) is 0 Å². The summed E-state index contributed by atoms with van der Waals surface area (Å²) < 4.78 is 19.6. The Kier molecular flexibility index (Phi) is 26.3. The first-order valence-electron chi connectivity index (χ1n) is 35.2. The third-order valence-corrected chi connectivity index (χ3v) is 22.9. The van der Waals surface area contributed by atoms with Crippen molar-refractivity contribution in [1.29, 1.82) is 0 Å². The van der Waals surface area contributed by atoms with E-state index in [1.165, 1.54) is 154 Å². The van der Waals surface area contributed by atoms with Crippen molar-refractivity contribution in [2.75, 3.05) is 0 Å². The normalized spacial score (nSPS) is 32.7. The zero-order chi connectivity index (χ0) is 58.0. The number of ketones is 1. The molecule has 7 rings (SSSR count). The van der Waals surface area contributed by atoms with Gasteiger partial charge in [0.15, 0.2) is 5.78 Å². The quantitative estimate of drug-likeness (QED) is 0.0152. The van der Waals surface area contributed by atoms with Crippen molar-refractivity contribution in [3.8, 4) is 0 Å². The Morgan fingerprint density at radius 2 is 1.36 bits per heavy atom. The van der Waals surface area contributed by atoms with Crippen molar-refractivity contribution >= 4 is 11.8 Å². The Bertz CT molecular complexity index is 2080. The van der Waals surface area contributed by atoms with Gasteiger partial charge in [-0.2, -0.15) is 4.89 Å². The van der Waals surface area contributed by atoms with Gasteiger partial charge >= 0.3 is 5.97 Å². The molecule has 5 fully saturated rings. The van der Waals surface area contributed by atoms with E-state index >= 15 is 0 Å². The SMILES string of the molecule is CCCCCCCCCCCCCCCC[C@]1(C)CCC2=C(C)C(=O)C(C)=C(C)C2(OOC(/C=C/C2OC2CCCCC)CCCCCCCC(=O)O[C@H]2CC[C@@]3(C)C(=CC[C@H]4[C@@H]5CC[C@H]([C@H](C)CCCC(C)C)[C@@]5(C)CC[C@@H]43)C2)O1. The molecule has 2 saturated heterocycles. The van der Waals surface area contributed by atoms with E-state index in [1.54, 1.807) is 5.57 Å². The number of Topliss-reactive ketones (excluding diaryl/α,β-unsaturated/α-hetero) is 1. The number of carbonyl (C=O) groups is 2. The number of allylic oxidation sites excluding steroid dienone is 3. The molecule has 13 atom stereocenters. The van der Waals surface area contributed by atoms with Crippen LogP contribution in [0.5, 0.6) is 0 Å². The van der Waals surface area contributed by atoms with Crippen molar-refractivity contribution in [3.63, 3.8) is 0 Å². The van der Waals surface area contributed by atoms with E-state index in [1.807, 2.05) is 20.8 Å². The molecule has 0 aromatic heterocycles. The molecule has 0 bridgehead atoms. The fraction of sp³-hybridized carbons (Fsp3) is 0.865. The minimum atomic E-state index is -1.22. The summed E-state index contributed by atoms with van der Waals surface area (Å²) in [5.41, 5.74) is 5.16. The van der Waals surface area contributed by atoms with Crippen LogP contribution in [0.15, 0.2) is 46.1 Å². The highest BCUT2D eigenvalue weighted by Gasteiger charge is 2.60. The molecule has 3 saturated carbocycles. The molecular formula is C74H124O7. The highest BCUT2D eigenvalue weighted by Crippen LogP contribution is 2.67. The molecule has 0 spiro atoms. The number of unbranched alkanes of at least 4 members (excludes halogenated alkanes) is 19. The lowest BCUT2D eigenvalue weighted by Gasteiger charge is -2.58. The topological polar surface area (TPSA) is 83.6 Å². The molecule has 81 heavy (non-hydrogen) atoms. The maximum absolute atomic E-state index is 13.6. The predicted molar refractivity (Wildman–Crippen MR) is 336 cm³/mol. The Balaban J connectivity index is 0.852. The average molecular weight is 1130 g/mol. The predicted octanol–water partition coefficient (Wildman–Crippen LogP) is 21.3. The zero-order valence-electron chi connectivity index (χ0n) is 54.4. The Morgan fingerprint density at radius 1 is 0.704 bits per heavy atom. The zero-order valence-corrected chi connectivity index (χ0v) is 54.4. The van der Waals surface area contributed by atoms with E-state index in [2.05, 4.69) is 73.6 Å². The van der Waals surface area contributed by atoms with Gasteiger partial charge in [-0.1, -0.05) is 226 Å². The molecule has 4 unspecified atom stereocenters. The van der Waals surface area contributed by atoms with E-state index in [0.29, 0.717) is 17.4 Å². The van der Waals surface area contributed by atoms with Gasteiger partial charge in [0.05, 0.1) is 11.7 Å². The smallest absolute Gasteiger partial charge is 0.306 e. The van der Waals surface area contributed by atoms with Gasteiger partial charge in [0.2, 0.25) is 5.79 Å². The van der Waals surface area contributed by atoms with E-state index in [0.717, 1.165) is 142 Å². The van der Waals surface area contributed by atoms with Gasteiger partial charge in [-0.3, -0.25) is 9.59 Å². The van der Waals surface area contributed by atoms with Gasteiger partial charge in [-0.05, 0) is 163 Å². The Hall–Kier alpha value is -2.06. The lowest BCUT2D eigenvalue weighted by atomic mass is 9.47. The second kappa shape index (κ2) is 32.1. The van der Waals surface area contributed by atoms with E-state index in [-0.39, 0.29) is 41.6 Å². The average Bonchev–Trinajstić information content (AvgIpc) is 3.80. The molecule has 2 aliphatic heterocycles. The Morgan fingerprint density at radius 3 is 2.05 bits per heavy atom. The Labute approximate surface area is 497 Å². The number of fused-ring (bicyclic) bond motifs is 6. The van der Waals surface area contributed by atoms with Crippen molar-refractivity contribution in [1.82, 2.24) is 0 Å². The largest absolute Gasteiger partial charge is 0.462 e. The van der Waals surface area contributed by atoms with Crippen molar-refractivity contribution in [3.05, 3.63) is 46.1 Å². The summed E-state index contributed by atoms with van der Waals surface area (Å²) in [7, 11) is 0. The van der Waals surface area contributed by atoms with Crippen LogP contribution in [-0.2, 0) is 33.6 Å². The van der Waals surface area contributed by atoms with Crippen LogP contribution in [0.2, 0.25) is 0 Å². The molecule has 7 heteroatoms. The maximum Gasteiger partial charge on any atom is 0.306 e. The van der Waals surface area contributed by atoms with E-state index in [4.69, 9.17) is 24.0 Å². The summed E-state index contributed by atoms with van der Waals surface area (Å²) in [6.45, 7) is 25.3. The second-order valence-electron chi connectivity index (χ2n) is 29.4. The standard InChI is InChI=1S/C74H124O7/c1-12-14-16-17-18-19-20-21-22-23-24-25-29-33-49-71(9)50-47-64-57(7)70(76)56(6)58(8)74(64,80-71)81-79-60(41-45-68-67(78-68)38-30-15-13-2)37-31-27-26-28-32-39-69(75)77-61-46-51-72(10)59(53-61)40-42-62-65-44-43-63(55(5)36-34-35-54(3)4)73(65,11)52-48-66(62)72/h40-41,45,54-55,60-63,65-68H,12-39,42-44,46-53H2,1-11H3/b45-41+/t55-,60?,61+,62+,63-,65+,66+,67?,68?,71-,72+,73-,74?/m1/s1. The van der Waals surface area contributed by atoms with E-state index in [9.17, 15) is 9.59 Å². The molecule has 7 aliphatic rings. The van der Waals surface area contributed by atoms with Crippen molar-refractivity contribution in [2.24, 2.45) is 46.3 Å². The molecule has 0 aromatic carbocycles. The first-order chi connectivity index (χ1) is 39.0. The molecule has 0 amide bonds. The number of rotatable bonds is 38. The van der Waals surface area contributed by atoms with Crippen LogP contribution < -0.4 is 0 Å². The minimum absolute atomic E-state index is 0.00971. The van der Waals surface area contributed by atoms with Crippen LogP contribution in [0, 0.1) is 46.3 Å². The molecule has 0 radical (unpaired) electrons. The lowest BCUT2D eigenvalue weighted by Crippen LogP contribution is -2.54. The third-order valence-electron chi connectivity index (χ3n) is 22.9. The first kappa shape index (κ1) is 66.5. The van der Waals surface area contributed by atoms with Gasteiger partial charge in [-0.15, -0.1) is 0 Å². The highest BCUT2D eigenvalue weighted by atomic mass is 17.2. The van der Waals surface area contributed by atoms with Crippen LogP contribution in [0.1, 0.15) is 327 Å². The van der Waals surface area contributed by atoms with Gasteiger partial charge < -0.3 is 14.2 Å². The molecule has 2 heterocycles. The van der Waals surface area contributed by atoms with Crippen molar-refractivity contribution < 1.29 is 33.6 Å². The summed E-state index contributed by atoms with van der Waals surface area (Å²) in [6.07, 6.45) is 53.7. The first-order valence-corrected chi connectivity index (χ1v) is 35.2. The van der Waals surface area contributed by atoms with Crippen molar-refractivity contribution in [2.45, 2.75) is 362 Å². The van der Waals surface area contributed by atoms with Gasteiger partial charge in [-0.25, -0.2) is 4.89 Å². The summed E-state index contributed by atoms with van der Waals surface area (Å²) >= 11 is 0. The maximum atomic E-state index is 13.6. The third kappa shape index (κ3) is 17.8. The number of hydrogen-bond donors (Lipinski definition) is 0. The lowest BCUT2D eigenvalue weighted by molar-refractivity contribution is -0.436. The fourth-order valence-corrected chi connectivity index (χ4v) is 17.4. The molecule has 7 nitrogen and oxygen atoms in total. The number of epoxide rings is 1. The van der Waals surface area contributed by atoms with Crippen LogP contribution in [-0.4, -0.2) is 47.6 Å². The highest BCUT2D eigenvalue weighted by molar-refractivity contribution is 6.10. The number of carbonyl (C=O) groups excluding carboxylic acids is 2. The summed E-state index contributed by atoms with van der Waals surface area (Å²) in [5, 5.41) is 0. The second-order valence-corrected chi connectivity index (χ2v) is 29.4. The number of hydrogen-bond acceptors (Lipinski definition) is 7. The molecule has 5 aliphatic carbocycles. The minimum Gasteiger partial charge on any atom is -0.462 e. The van der Waals surface area contributed by atoms with E-state index < -0.39 is 11.4 Å². The van der Waals surface area contributed by atoms with Gasteiger partial charge in [0.1, 0.15) is 18.3 Å². The van der Waals surface area contributed by atoms with Crippen LogP contribution >= 0.6 is 0 Å². The number of ether oxygens (including phenoxy) is 3. The van der Waals surface area contributed by atoms with Crippen LogP contribution in [0.25, 0.3) is 0 Å². The van der Waals surface area contributed by atoms with Gasteiger partial charge in [0, 0.05) is 29.6 Å². The molecule has 0 aromatic rings. The van der Waals surface area contributed by atoms with Crippen LogP contribution in [0.4, 0.5) is 0 Å². The summed E-state index contributed by atoms with van der Waals surface area (Å²) in [5.74, 6) is 3.88. The van der Waals surface area contributed by atoms with Gasteiger partial charge in [0.25, 0.3) is 0 Å².